The van der Waals surface area contributed by atoms with E-state index in [0.29, 0.717) is 0 Å². The summed E-state index contributed by atoms with van der Waals surface area (Å²) in [6.07, 6.45) is 3.69. The summed E-state index contributed by atoms with van der Waals surface area (Å²) in [5.74, 6) is 1.86. The van der Waals surface area contributed by atoms with Crippen LogP contribution in [-0.2, 0) is 12.1 Å². The van der Waals surface area contributed by atoms with Crippen LogP contribution < -0.4 is 0 Å². The highest BCUT2D eigenvalue weighted by Gasteiger charge is 2.36. The number of aliphatic hydroxyl groups is 1. The van der Waals surface area contributed by atoms with Gasteiger partial charge in [-0.05, 0) is 24.7 Å². The van der Waals surface area contributed by atoms with Crippen molar-refractivity contribution in [2.24, 2.45) is 0 Å². The zero-order valence-electron chi connectivity index (χ0n) is 8.44. The van der Waals surface area contributed by atoms with Gasteiger partial charge in [0.25, 0.3) is 0 Å². The quantitative estimate of drug-likeness (QED) is 0.827. The standard InChI is InChI=1S/C10H16N2OS/c1-2-6-12-9(3-5-11-12)10(13)4-7-14-8-10/h3,5,13H,2,4,6-8H2,1H3. The van der Waals surface area contributed by atoms with E-state index in [9.17, 15) is 5.11 Å². The lowest BCUT2D eigenvalue weighted by Crippen LogP contribution is -2.28. The molecule has 2 rings (SSSR count). The summed E-state index contributed by atoms with van der Waals surface area (Å²) in [7, 11) is 0. The molecule has 1 unspecified atom stereocenters. The second-order valence-corrected chi connectivity index (χ2v) is 4.88. The molecule has 1 aromatic rings. The lowest BCUT2D eigenvalue weighted by molar-refractivity contribution is 0.0557. The van der Waals surface area contributed by atoms with Crippen molar-refractivity contribution >= 4 is 11.8 Å². The van der Waals surface area contributed by atoms with Gasteiger partial charge in [-0.3, -0.25) is 4.68 Å². The first kappa shape index (κ1) is 10.1. The van der Waals surface area contributed by atoms with Gasteiger partial charge in [0.2, 0.25) is 0 Å². The molecule has 1 N–H and O–H groups in total. The third-order valence-corrected chi connectivity index (χ3v) is 3.80. The molecule has 78 valence electrons. The third kappa shape index (κ3) is 1.68. The van der Waals surface area contributed by atoms with Crippen LogP contribution in [0.25, 0.3) is 0 Å². The van der Waals surface area contributed by atoms with E-state index in [1.54, 1.807) is 6.20 Å². The Bertz CT molecular complexity index is 305. The van der Waals surface area contributed by atoms with Crippen LogP contribution in [0.3, 0.4) is 0 Å². The second kappa shape index (κ2) is 3.95. The first-order valence-corrected chi connectivity index (χ1v) is 6.24. The summed E-state index contributed by atoms with van der Waals surface area (Å²) in [5.41, 5.74) is 0.362. The monoisotopic (exact) mass is 212 g/mol. The molecule has 14 heavy (non-hydrogen) atoms. The van der Waals surface area contributed by atoms with Crippen molar-refractivity contribution in [1.29, 1.82) is 0 Å². The van der Waals surface area contributed by atoms with Gasteiger partial charge in [-0.1, -0.05) is 6.92 Å². The van der Waals surface area contributed by atoms with Gasteiger partial charge < -0.3 is 5.11 Å². The number of hydrogen-bond donors (Lipinski definition) is 1. The summed E-state index contributed by atoms with van der Waals surface area (Å²) in [6, 6.07) is 1.95. The minimum Gasteiger partial charge on any atom is -0.383 e. The van der Waals surface area contributed by atoms with E-state index >= 15 is 0 Å². The molecule has 0 amide bonds. The molecule has 0 radical (unpaired) electrons. The number of rotatable bonds is 3. The fourth-order valence-electron chi connectivity index (χ4n) is 1.87. The molecule has 0 aromatic carbocycles. The summed E-state index contributed by atoms with van der Waals surface area (Å²) < 4.78 is 1.94. The van der Waals surface area contributed by atoms with Gasteiger partial charge in [0.1, 0.15) is 5.60 Å². The minimum atomic E-state index is -0.629. The predicted molar refractivity (Wildman–Crippen MR) is 58.4 cm³/mol. The highest BCUT2D eigenvalue weighted by atomic mass is 32.2. The highest BCUT2D eigenvalue weighted by molar-refractivity contribution is 7.99. The third-order valence-electron chi connectivity index (χ3n) is 2.63. The first-order chi connectivity index (χ1) is 6.76. The highest BCUT2D eigenvalue weighted by Crippen LogP contribution is 2.36. The normalized spacial score (nSPS) is 27.0. The topological polar surface area (TPSA) is 38.0 Å². The summed E-state index contributed by atoms with van der Waals surface area (Å²) in [6.45, 7) is 3.02. The van der Waals surface area contributed by atoms with E-state index in [0.717, 1.165) is 36.6 Å². The second-order valence-electron chi connectivity index (χ2n) is 3.77. The van der Waals surface area contributed by atoms with E-state index in [1.807, 2.05) is 22.5 Å². The largest absolute Gasteiger partial charge is 0.383 e. The van der Waals surface area contributed by atoms with Gasteiger partial charge in [0.15, 0.2) is 0 Å². The van der Waals surface area contributed by atoms with Crippen LogP contribution in [0.2, 0.25) is 0 Å². The van der Waals surface area contributed by atoms with Crippen molar-refractivity contribution in [2.45, 2.75) is 31.9 Å². The average Bonchev–Trinajstić information content (AvgIpc) is 2.75. The van der Waals surface area contributed by atoms with Gasteiger partial charge in [0, 0.05) is 18.5 Å². The number of aryl methyl sites for hydroxylation is 1. The fourth-order valence-corrected chi connectivity index (χ4v) is 3.13. The zero-order valence-corrected chi connectivity index (χ0v) is 9.26. The van der Waals surface area contributed by atoms with Gasteiger partial charge in [-0.2, -0.15) is 16.9 Å². The molecule has 0 spiro atoms. The van der Waals surface area contributed by atoms with Crippen LogP contribution in [0.4, 0.5) is 0 Å². The minimum absolute atomic E-state index is 0.629. The van der Waals surface area contributed by atoms with Gasteiger partial charge >= 0.3 is 0 Å². The number of nitrogens with zero attached hydrogens (tertiary/aromatic N) is 2. The van der Waals surface area contributed by atoms with E-state index < -0.39 is 5.60 Å². The molecular formula is C10H16N2OS. The Balaban J connectivity index is 2.25. The van der Waals surface area contributed by atoms with E-state index in [4.69, 9.17) is 0 Å². The fraction of sp³-hybridized carbons (Fsp3) is 0.700. The van der Waals surface area contributed by atoms with Crippen molar-refractivity contribution in [3.8, 4) is 0 Å². The maximum absolute atomic E-state index is 10.4. The molecule has 0 saturated carbocycles. The Labute approximate surface area is 88.5 Å². The van der Waals surface area contributed by atoms with Gasteiger partial charge in [-0.25, -0.2) is 0 Å². The molecule has 1 saturated heterocycles. The Morgan fingerprint density at radius 3 is 3.21 bits per heavy atom. The van der Waals surface area contributed by atoms with Crippen LogP contribution in [0.1, 0.15) is 25.5 Å². The molecule has 4 heteroatoms. The zero-order chi connectivity index (χ0) is 10.0. The molecular weight excluding hydrogens is 196 g/mol. The molecule has 2 heterocycles. The lowest BCUT2D eigenvalue weighted by Gasteiger charge is -2.22. The first-order valence-electron chi connectivity index (χ1n) is 5.09. The lowest BCUT2D eigenvalue weighted by atomic mass is 9.99. The van der Waals surface area contributed by atoms with Crippen molar-refractivity contribution < 1.29 is 5.11 Å². The van der Waals surface area contributed by atoms with Gasteiger partial charge in [-0.15, -0.1) is 0 Å². The van der Waals surface area contributed by atoms with Crippen LogP contribution in [0.5, 0.6) is 0 Å². The molecule has 1 aliphatic rings. The maximum atomic E-state index is 10.4. The summed E-state index contributed by atoms with van der Waals surface area (Å²) >= 11 is 1.81. The molecule has 1 fully saturated rings. The molecule has 1 aliphatic heterocycles. The van der Waals surface area contributed by atoms with Crippen LogP contribution in [0, 0.1) is 0 Å². The van der Waals surface area contributed by atoms with Crippen LogP contribution in [0.15, 0.2) is 12.3 Å². The summed E-state index contributed by atoms with van der Waals surface area (Å²) in [4.78, 5) is 0. The van der Waals surface area contributed by atoms with Crippen molar-refractivity contribution in [2.75, 3.05) is 11.5 Å². The van der Waals surface area contributed by atoms with Crippen molar-refractivity contribution in [3.63, 3.8) is 0 Å². The molecule has 0 aliphatic carbocycles. The van der Waals surface area contributed by atoms with Crippen LogP contribution >= 0.6 is 11.8 Å². The van der Waals surface area contributed by atoms with E-state index in [-0.39, 0.29) is 0 Å². The SMILES string of the molecule is CCCn1nccc1C1(O)CCSC1. The molecule has 3 nitrogen and oxygen atoms in total. The average molecular weight is 212 g/mol. The van der Waals surface area contributed by atoms with Crippen molar-refractivity contribution in [3.05, 3.63) is 18.0 Å². The van der Waals surface area contributed by atoms with E-state index in [1.165, 1.54) is 0 Å². The smallest absolute Gasteiger partial charge is 0.116 e. The Morgan fingerprint density at radius 2 is 2.57 bits per heavy atom. The van der Waals surface area contributed by atoms with Gasteiger partial charge in [0.05, 0.1) is 5.69 Å². The predicted octanol–water partition coefficient (Wildman–Crippen LogP) is 1.62. The van der Waals surface area contributed by atoms with Crippen LogP contribution in [-0.4, -0.2) is 26.4 Å². The summed E-state index contributed by atoms with van der Waals surface area (Å²) in [5, 5.41) is 14.6. The Kier molecular flexibility index (Phi) is 2.83. The number of thioether (sulfide) groups is 1. The molecule has 1 aromatic heterocycles. The maximum Gasteiger partial charge on any atom is 0.116 e. The Morgan fingerprint density at radius 1 is 1.71 bits per heavy atom. The number of aromatic nitrogens is 2. The molecule has 1 atom stereocenters. The number of hydrogen-bond acceptors (Lipinski definition) is 3. The van der Waals surface area contributed by atoms with E-state index in [2.05, 4.69) is 12.0 Å². The Hall–Kier alpha value is -0.480. The molecule has 0 bridgehead atoms. The van der Waals surface area contributed by atoms with Crippen molar-refractivity contribution in [1.82, 2.24) is 9.78 Å².